The molecule has 3 rings (SSSR count). The third-order valence-electron chi connectivity index (χ3n) is 10.5. The van der Waals surface area contributed by atoms with Crippen molar-refractivity contribution in [2.45, 2.75) is 126 Å². The van der Waals surface area contributed by atoms with Crippen molar-refractivity contribution in [3.05, 3.63) is 91.8 Å². The summed E-state index contributed by atoms with van der Waals surface area (Å²) in [6, 6.07) is 16.3. The van der Waals surface area contributed by atoms with Crippen LogP contribution in [0.4, 0.5) is 0 Å². The smallest absolute Gasteiger partial charge is 0.497 e. The molecule has 0 unspecified atom stereocenters. The van der Waals surface area contributed by atoms with Crippen LogP contribution in [-0.2, 0) is 62.7 Å². The molecule has 0 spiro atoms. The normalized spacial score (nSPS) is 14.6. The molecule has 0 aromatic heterocycles. The SMILES string of the molecule is [3H][CH-]C(=O)[C@@H](NC(C)=O)C(C)(C)SSC(C)(C)[C@H](N[CH2-])C(=O)N[C@@H](Cc1ccc(OC)cc1)C(=O)N[C@@H](Cc1ccc2ccccc2c1)C(=O)N[C@@](C)(CCCCN)C(=O)CC.[W+2]. The fourth-order valence-electron chi connectivity index (χ4n) is 6.94. The van der Waals surface area contributed by atoms with E-state index in [1.165, 1.54) is 28.5 Å². The second kappa shape index (κ2) is 24.8. The van der Waals surface area contributed by atoms with Gasteiger partial charge in [-0.1, -0.05) is 83.1 Å². The van der Waals surface area contributed by atoms with Crippen molar-refractivity contribution in [1.29, 1.82) is 0 Å². The molecule has 62 heavy (non-hydrogen) atoms. The quantitative estimate of drug-likeness (QED) is 0.0352. The van der Waals surface area contributed by atoms with Gasteiger partial charge in [-0.05, 0) is 94.5 Å². The Labute approximate surface area is 391 Å². The van der Waals surface area contributed by atoms with Gasteiger partial charge in [-0.25, -0.2) is 0 Å². The molecule has 3 aromatic rings. The van der Waals surface area contributed by atoms with E-state index in [4.69, 9.17) is 11.8 Å². The first-order valence-electron chi connectivity index (χ1n) is 21.0. The van der Waals surface area contributed by atoms with Crippen molar-refractivity contribution in [3.8, 4) is 5.75 Å². The van der Waals surface area contributed by atoms with E-state index in [-0.39, 0.29) is 46.1 Å². The molecule has 16 heteroatoms. The molecule has 13 nitrogen and oxygen atoms in total. The van der Waals surface area contributed by atoms with Gasteiger partial charge in [0.15, 0.2) is 5.78 Å². The molecule has 0 aliphatic heterocycles. The third-order valence-corrected chi connectivity index (χ3v) is 14.8. The minimum atomic E-state index is -1.21. The molecule has 0 aliphatic rings. The Morgan fingerprint density at radius 1 is 0.774 bits per heavy atom. The Morgan fingerprint density at radius 2 is 1.34 bits per heavy atom. The third kappa shape index (κ3) is 15.7. The van der Waals surface area contributed by atoms with Gasteiger partial charge in [0.25, 0.3) is 0 Å². The first kappa shape index (κ1) is 52.5. The number of ketones is 2. The molecule has 3 aromatic carbocycles. The van der Waals surface area contributed by atoms with Crippen LogP contribution in [0.2, 0.25) is 0 Å². The molecule has 0 aliphatic carbocycles. The van der Waals surface area contributed by atoms with Gasteiger partial charge in [0.05, 0.1) is 24.7 Å². The summed E-state index contributed by atoms with van der Waals surface area (Å²) in [6.07, 6.45) is 1.97. The Morgan fingerprint density at radius 3 is 1.90 bits per heavy atom. The summed E-state index contributed by atoms with van der Waals surface area (Å²) in [6.45, 7) is 13.0. The van der Waals surface area contributed by atoms with E-state index in [0.29, 0.717) is 44.0 Å². The molecule has 0 saturated carbocycles. The molecular weight excluding hydrogens is 997 g/mol. The second-order valence-corrected chi connectivity index (χ2v) is 19.9. The minimum Gasteiger partial charge on any atom is -0.497 e. The molecule has 7 N–H and O–H groups in total. The van der Waals surface area contributed by atoms with Crippen LogP contribution in [0.1, 0.15) is 86.6 Å². The Kier molecular flexibility index (Phi) is 21.0. The minimum absolute atomic E-state index is 0. The zero-order chi connectivity index (χ0) is 46.3. The van der Waals surface area contributed by atoms with Crippen molar-refractivity contribution in [1.82, 2.24) is 26.6 Å². The predicted octanol–water partition coefficient (Wildman–Crippen LogP) is 5.18. The van der Waals surface area contributed by atoms with Crippen molar-refractivity contribution in [2.75, 3.05) is 13.7 Å². The average Bonchev–Trinajstić information content (AvgIpc) is 3.24. The number of Topliss-reactive ketones (excluding diaryl/α,β-unsaturated/α-hetero) is 2. The van der Waals surface area contributed by atoms with Crippen LogP contribution in [0.25, 0.3) is 10.8 Å². The summed E-state index contributed by atoms with van der Waals surface area (Å²) in [7, 11) is 7.92. The predicted molar refractivity (Wildman–Crippen MR) is 247 cm³/mol. The van der Waals surface area contributed by atoms with E-state index in [1.807, 2.05) is 42.5 Å². The van der Waals surface area contributed by atoms with Crippen LogP contribution < -0.4 is 37.1 Å². The number of nitrogens with two attached hydrogens (primary N) is 1. The van der Waals surface area contributed by atoms with E-state index in [9.17, 15) is 28.8 Å². The molecule has 0 saturated heterocycles. The maximum Gasteiger partial charge on any atom is 2.00 e. The number of methoxy groups -OCH3 is 1. The Hall–Kier alpha value is -3.88. The van der Waals surface area contributed by atoms with Crippen molar-refractivity contribution < 1.29 is 55.9 Å². The number of unbranched alkanes of at least 4 members (excludes halogenated alkanes) is 1. The standard InChI is InChI=1S/C46H64N6O7S2.W/c1-11-38(55)46(8,24-14-15-25-47)52-42(57)37(28-32-18-21-33-16-12-13-17-34(33)26-32)50-41(56)36(27-31-19-22-35(59-10)23-20-31)51-43(58)40(48-9)45(6,7)61-60-44(4,5)39(29(2)53)49-30(3)54;/h12-13,16-23,26,36-37,39-40,48H,2,9,11,14-15,24-25,27-28,47H2,1,3-8,10H3,(H,49,54)(H,50,56)(H,51,58)(H,52,57);/q-2;+2/t36-,37-,39+,40+,46-;/m0./s1/i2T;. The Bertz CT molecular complexity index is 2020. The molecule has 5 atom stereocenters. The summed E-state index contributed by atoms with van der Waals surface area (Å²) >= 11 is 0. The van der Waals surface area contributed by atoms with Crippen LogP contribution in [0.3, 0.4) is 0 Å². The van der Waals surface area contributed by atoms with E-state index in [2.05, 4.69) is 33.6 Å². The van der Waals surface area contributed by atoms with Crippen molar-refractivity contribution in [2.24, 2.45) is 5.73 Å². The van der Waals surface area contributed by atoms with Gasteiger partial charge in [0.2, 0.25) is 23.6 Å². The van der Waals surface area contributed by atoms with Crippen LogP contribution in [-0.4, -0.2) is 88.1 Å². The molecular formula is C46H64N6O7S2W. The number of amides is 4. The maximum absolute atomic E-state index is 14.6. The number of carbonyl (C=O) groups excluding carboxylic acids is 6. The monoisotopic (exact) mass is 1060 g/mol. The molecule has 4 amide bonds. The maximum atomic E-state index is 14.6. The summed E-state index contributed by atoms with van der Waals surface area (Å²) in [5.41, 5.74) is 6.02. The fraction of sp³-hybridized carbons (Fsp3) is 0.478. The molecule has 338 valence electrons. The van der Waals surface area contributed by atoms with Gasteiger partial charge in [-0.15, -0.1) is 0 Å². The van der Waals surface area contributed by atoms with E-state index in [0.717, 1.165) is 16.3 Å². The summed E-state index contributed by atoms with van der Waals surface area (Å²) in [5, 5.41) is 16.3. The number of ether oxygens (including phenoxy) is 1. The summed E-state index contributed by atoms with van der Waals surface area (Å²) < 4.78 is 11.0. The fourth-order valence-corrected chi connectivity index (χ4v) is 9.80. The van der Waals surface area contributed by atoms with Crippen LogP contribution >= 0.6 is 21.6 Å². The van der Waals surface area contributed by atoms with Gasteiger partial charge in [-0.2, -0.15) is 1.37 Å². The van der Waals surface area contributed by atoms with Crippen molar-refractivity contribution >= 4 is 67.6 Å². The number of hydrogen-bond donors (Lipinski definition) is 6. The zero-order valence-electron chi connectivity index (χ0n) is 38.1. The topological polar surface area (TPSA) is 198 Å². The molecule has 0 heterocycles. The van der Waals surface area contributed by atoms with Crippen molar-refractivity contribution in [3.63, 3.8) is 0 Å². The number of rotatable bonds is 26. The number of fused-ring (bicyclic) bond motifs is 1. The van der Waals surface area contributed by atoms with Crippen LogP contribution in [0.15, 0.2) is 66.7 Å². The first-order valence-corrected chi connectivity index (χ1v) is 22.6. The summed E-state index contributed by atoms with van der Waals surface area (Å²) in [4.78, 5) is 81.4. The number of hydrogen-bond acceptors (Lipinski definition) is 11. The number of benzene rings is 3. The number of nitrogens with one attached hydrogen (secondary N) is 5. The van der Waals surface area contributed by atoms with Gasteiger partial charge in [-0.3, -0.25) is 31.0 Å². The number of carbonyl (C=O) groups is 6. The average molecular weight is 1060 g/mol. The molecule has 0 bridgehead atoms. The van der Waals surface area contributed by atoms with Crippen LogP contribution in [0.5, 0.6) is 5.75 Å². The van der Waals surface area contributed by atoms with Gasteiger partial charge >= 0.3 is 21.1 Å². The van der Waals surface area contributed by atoms with Crippen LogP contribution in [0, 0.1) is 13.9 Å². The van der Waals surface area contributed by atoms with E-state index >= 15 is 0 Å². The molecule has 0 fully saturated rings. The van der Waals surface area contributed by atoms with Gasteiger partial charge < -0.3 is 48.7 Å². The van der Waals surface area contributed by atoms with Gasteiger partial charge in [0, 0.05) is 41.5 Å². The van der Waals surface area contributed by atoms with Gasteiger partial charge in [0.1, 0.15) is 17.8 Å². The van der Waals surface area contributed by atoms with E-state index in [1.54, 1.807) is 72.9 Å². The molecule has 0 radical (unpaired) electrons. The Balaban J connectivity index is 0.0000137. The zero-order valence-corrected chi connectivity index (χ0v) is 41.6. The van der Waals surface area contributed by atoms with E-state index < -0.39 is 68.6 Å². The summed E-state index contributed by atoms with van der Waals surface area (Å²) in [5.74, 6) is -2.29. The largest absolute Gasteiger partial charge is 2.00 e. The first-order chi connectivity index (χ1) is 29.2. The second-order valence-electron chi connectivity index (χ2n) is 16.5.